The van der Waals surface area contributed by atoms with E-state index in [1.165, 1.54) is 32.9 Å². The van der Waals surface area contributed by atoms with E-state index in [4.69, 9.17) is 15.3 Å². The van der Waals surface area contributed by atoms with Gasteiger partial charge < -0.3 is 4.74 Å². The lowest BCUT2D eigenvalue weighted by molar-refractivity contribution is -0.228. The van der Waals surface area contributed by atoms with Crippen molar-refractivity contribution >= 4 is 5.97 Å². The van der Waals surface area contributed by atoms with Gasteiger partial charge >= 0.3 is 12.1 Å². The van der Waals surface area contributed by atoms with Crippen LogP contribution in [-0.4, -0.2) is 17.7 Å². The van der Waals surface area contributed by atoms with Crippen molar-refractivity contribution in [3.8, 4) is 12.1 Å². The molecule has 0 unspecified atom stereocenters. The molecule has 0 N–H and O–H groups in total. The van der Waals surface area contributed by atoms with Gasteiger partial charge in [0.25, 0.3) is 0 Å². The highest BCUT2D eigenvalue weighted by Gasteiger charge is 2.50. The highest BCUT2D eigenvalue weighted by Crippen LogP contribution is 2.44. The lowest BCUT2D eigenvalue weighted by Crippen LogP contribution is -2.41. The Morgan fingerprint density at radius 2 is 1.52 bits per heavy atom. The SMILES string of the molecule is CC(C(=O)OC(C)(C)CC(C)(C)C(F)(F)F)=C(C#N)C#N. The Morgan fingerprint density at radius 1 is 1.10 bits per heavy atom. The minimum atomic E-state index is -4.44. The molecular weight excluding hydrogens is 285 g/mol. The van der Waals surface area contributed by atoms with Gasteiger partial charge in [-0.2, -0.15) is 23.7 Å². The molecule has 0 saturated carbocycles. The zero-order valence-electron chi connectivity index (χ0n) is 12.6. The third-order valence-corrected chi connectivity index (χ3v) is 2.91. The zero-order valence-corrected chi connectivity index (χ0v) is 12.6. The number of esters is 1. The molecule has 0 radical (unpaired) electrons. The highest BCUT2D eigenvalue weighted by molar-refractivity contribution is 5.90. The molecule has 116 valence electrons. The predicted octanol–water partition coefficient (Wildman–Crippen LogP) is 3.65. The van der Waals surface area contributed by atoms with Crippen LogP contribution in [0, 0.1) is 28.1 Å². The number of carbonyl (C=O) groups excluding carboxylic acids is 1. The van der Waals surface area contributed by atoms with Crippen LogP contribution in [-0.2, 0) is 9.53 Å². The Morgan fingerprint density at radius 3 is 1.86 bits per heavy atom. The van der Waals surface area contributed by atoms with Gasteiger partial charge in [0, 0.05) is 6.42 Å². The van der Waals surface area contributed by atoms with Gasteiger partial charge in [-0.25, -0.2) is 4.79 Å². The monoisotopic (exact) mass is 302 g/mol. The quantitative estimate of drug-likeness (QED) is 0.451. The van der Waals surface area contributed by atoms with Crippen molar-refractivity contribution in [1.29, 1.82) is 10.5 Å². The number of nitrogens with zero attached hydrogens (tertiary/aromatic N) is 2. The Bertz CT molecular complexity index is 516. The second-order valence-corrected chi connectivity index (χ2v) is 5.93. The minimum absolute atomic E-state index is 0.224. The van der Waals surface area contributed by atoms with Crippen molar-refractivity contribution in [2.75, 3.05) is 0 Å². The van der Waals surface area contributed by atoms with Gasteiger partial charge in [0.1, 0.15) is 23.3 Å². The van der Waals surface area contributed by atoms with Crippen LogP contribution in [0.3, 0.4) is 0 Å². The Labute approximate surface area is 121 Å². The molecule has 0 bridgehead atoms. The van der Waals surface area contributed by atoms with E-state index >= 15 is 0 Å². The molecule has 0 atom stereocenters. The third-order valence-electron chi connectivity index (χ3n) is 2.91. The third kappa shape index (κ3) is 5.11. The summed E-state index contributed by atoms with van der Waals surface area (Å²) >= 11 is 0. The summed E-state index contributed by atoms with van der Waals surface area (Å²) in [5.41, 5.74) is -4.08. The second kappa shape index (κ2) is 6.17. The summed E-state index contributed by atoms with van der Waals surface area (Å²) in [5, 5.41) is 17.3. The number of nitriles is 2. The van der Waals surface area contributed by atoms with Crippen LogP contribution in [0.5, 0.6) is 0 Å². The maximum atomic E-state index is 12.9. The fourth-order valence-electron chi connectivity index (χ4n) is 1.82. The lowest BCUT2D eigenvalue weighted by atomic mass is 9.81. The minimum Gasteiger partial charge on any atom is -0.456 e. The van der Waals surface area contributed by atoms with E-state index in [1.807, 2.05) is 0 Å². The first-order valence-electron chi connectivity index (χ1n) is 6.08. The van der Waals surface area contributed by atoms with Gasteiger partial charge in [-0.05, 0) is 20.8 Å². The maximum Gasteiger partial charge on any atom is 0.394 e. The molecule has 0 rings (SSSR count). The Balaban J connectivity index is 5.18. The predicted molar refractivity (Wildman–Crippen MR) is 68.6 cm³/mol. The summed E-state index contributed by atoms with van der Waals surface area (Å²) in [6.07, 6.45) is -4.89. The van der Waals surface area contributed by atoms with Gasteiger partial charge in [0.05, 0.1) is 11.0 Å². The largest absolute Gasteiger partial charge is 0.456 e. The molecular formula is C14H17F3N2O2. The summed E-state index contributed by atoms with van der Waals surface area (Å²) < 4.78 is 43.6. The Kier molecular flexibility index (Phi) is 5.58. The van der Waals surface area contributed by atoms with Crippen LogP contribution in [0.25, 0.3) is 0 Å². The average Bonchev–Trinajstić information content (AvgIpc) is 2.26. The molecule has 0 amide bonds. The van der Waals surface area contributed by atoms with Crippen LogP contribution < -0.4 is 0 Å². The summed E-state index contributed by atoms with van der Waals surface area (Å²) in [6, 6.07) is 3.06. The van der Waals surface area contributed by atoms with Gasteiger partial charge in [-0.15, -0.1) is 0 Å². The molecule has 21 heavy (non-hydrogen) atoms. The van der Waals surface area contributed by atoms with Gasteiger partial charge in [-0.3, -0.25) is 0 Å². The van der Waals surface area contributed by atoms with Crippen LogP contribution in [0.2, 0.25) is 0 Å². The fraction of sp³-hybridized carbons (Fsp3) is 0.643. The van der Waals surface area contributed by atoms with E-state index in [-0.39, 0.29) is 5.57 Å². The number of allylic oxidation sites excluding steroid dienone is 1. The van der Waals surface area contributed by atoms with Crippen molar-refractivity contribution in [3.63, 3.8) is 0 Å². The first-order chi connectivity index (χ1) is 9.27. The number of ether oxygens (including phenoxy) is 1. The van der Waals surface area contributed by atoms with Crippen LogP contribution in [0.15, 0.2) is 11.1 Å². The Hall–Kier alpha value is -2.02. The molecule has 4 nitrogen and oxygen atoms in total. The second-order valence-electron chi connectivity index (χ2n) is 5.93. The van der Waals surface area contributed by atoms with Crippen LogP contribution in [0.1, 0.15) is 41.0 Å². The van der Waals surface area contributed by atoms with Crippen molar-refractivity contribution in [2.45, 2.75) is 52.8 Å². The number of alkyl halides is 3. The molecule has 0 fully saturated rings. The van der Waals surface area contributed by atoms with Crippen LogP contribution >= 0.6 is 0 Å². The number of halogens is 3. The molecule has 0 heterocycles. The fourth-order valence-corrected chi connectivity index (χ4v) is 1.82. The summed E-state index contributed by atoms with van der Waals surface area (Å²) in [4.78, 5) is 11.8. The molecule has 0 aromatic rings. The molecule has 0 aliphatic heterocycles. The first-order valence-corrected chi connectivity index (χ1v) is 6.08. The normalized spacial score (nSPS) is 12.1. The van der Waals surface area contributed by atoms with Crippen molar-refractivity contribution in [2.24, 2.45) is 5.41 Å². The molecule has 0 saturated heterocycles. The average molecular weight is 302 g/mol. The highest BCUT2D eigenvalue weighted by atomic mass is 19.4. The number of carbonyl (C=O) groups is 1. The number of hydrogen-bond donors (Lipinski definition) is 0. The van der Waals surface area contributed by atoms with Crippen LogP contribution in [0.4, 0.5) is 13.2 Å². The van der Waals surface area contributed by atoms with Crippen molar-refractivity contribution in [3.05, 3.63) is 11.1 Å². The van der Waals surface area contributed by atoms with E-state index in [2.05, 4.69) is 0 Å². The molecule has 7 heteroatoms. The van der Waals surface area contributed by atoms with Crippen molar-refractivity contribution in [1.82, 2.24) is 0 Å². The molecule has 0 aliphatic carbocycles. The molecule has 0 spiro atoms. The smallest absolute Gasteiger partial charge is 0.394 e. The lowest BCUT2D eigenvalue weighted by Gasteiger charge is -2.35. The van der Waals surface area contributed by atoms with Gasteiger partial charge in [0.2, 0.25) is 0 Å². The number of hydrogen-bond acceptors (Lipinski definition) is 4. The van der Waals surface area contributed by atoms with E-state index in [0.717, 1.165) is 13.8 Å². The van der Waals surface area contributed by atoms with Crippen molar-refractivity contribution < 1.29 is 22.7 Å². The molecule has 0 aliphatic rings. The molecule has 0 aromatic heterocycles. The van der Waals surface area contributed by atoms with E-state index in [1.54, 1.807) is 0 Å². The van der Waals surface area contributed by atoms with E-state index in [9.17, 15) is 18.0 Å². The van der Waals surface area contributed by atoms with E-state index < -0.39 is 35.2 Å². The summed E-state index contributed by atoms with van der Waals surface area (Å²) in [5.74, 6) is -0.976. The summed E-state index contributed by atoms with van der Waals surface area (Å²) in [7, 11) is 0. The topological polar surface area (TPSA) is 73.9 Å². The zero-order chi connectivity index (χ0) is 17.1. The first kappa shape index (κ1) is 19.0. The van der Waals surface area contributed by atoms with E-state index in [0.29, 0.717) is 0 Å². The van der Waals surface area contributed by atoms with Gasteiger partial charge in [-0.1, -0.05) is 13.8 Å². The van der Waals surface area contributed by atoms with Gasteiger partial charge in [0.15, 0.2) is 0 Å². The maximum absolute atomic E-state index is 12.9. The standard InChI is InChI=1S/C14H17F3N2O2/c1-9(10(6-18)7-19)11(20)21-13(4,5)8-12(2,3)14(15,16)17/h8H2,1-5H3. The summed E-state index contributed by atoms with van der Waals surface area (Å²) in [6.45, 7) is 5.95. The number of rotatable bonds is 4. The molecule has 0 aromatic carbocycles.